The summed E-state index contributed by atoms with van der Waals surface area (Å²) in [6.45, 7) is 0.991. The fourth-order valence-corrected chi connectivity index (χ4v) is 2.55. The predicted molar refractivity (Wildman–Crippen MR) is 73.6 cm³/mol. The standard InChI is InChI=1S/C15H14N2O2/c1-17-9-8-10-4-2-5-11(14(10)17)12-6-3-7-13(16-12)15(18)19/h2-7H,8-9H2,1H3,(H,18,19). The maximum Gasteiger partial charge on any atom is 0.354 e. The number of hydrogen-bond donors (Lipinski definition) is 1. The number of hydrogen-bond acceptors (Lipinski definition) is 3. The maximum atomic E-state index is 11.0. The number of aromatic nitrogens is 1. The summed E-state index contributed by atoms with van der Waals surface area (Å²) in [4.78, 5) is 17.4. The monoisotopic (exact) mass is 254 g/mol. The van der Waals surface area contributed by atoms with Gasteiger partial charge in [-0.1, -0.05) is 24.3 Å². The topological polar surface area (TPSA) is 53.4 Å². The van der Waals surface area contributed by atoms with Crippen molar-refractivity contribution in [2.75, 3.05) is 18.5 Å². The van der Waals surface area contributed by atoms with Crippen molar-refractivity contribution in [3.05, 3.63) is 47.7 Å². The van der Waals surface area contributed by atoms with Gasteiger partial charge in [0.15, 0.2) is 0 Å². The number of rotatable bonds is 2. The third-order valence-corrected chi connectivity index (χ3v) is 3.46. The first-order valence-electron chi connectivity index (χ1n) is 6.20. The van der Waals surface area contributed by atoms with Crippen molar-refractivity contribution in [2.45, 2.75) is 6.42 Å². The van der Waals surface area contributed by atoms with Gasteiger partial charge in [-0.3, -0.25) is 0 Å². The number of nitrogens with zero attached hydrogens (tertiary/aromatic N) is 2. The second kappa shape index (κ2) is 4.39. The van der Waals surface area contributed by atoms with Gasteiger partial charge in [0.2, 0.25) is 0 Å². The highest BCUT2D eigenvalue weighted by molar-refractivity contribution is 5.87. The van der Waals surface area contributed by atoms with E-state index in [1.807, 2.05) is 18.2 Å². The van der Waals surface area contributed by atoms with Gasteiger partial charge < -0.3 is 10.0 Å². The minimum atomic E-state index is -0.997. The first kappa shape index (κ1) is 11.7. The minimum Gasteiger partial charge on any atom is -0.477 e. The van der Waals surface area contributed by atoms with Gasteiger partial charge in [0.1, 0.15) is 5.69 Å². The number of carboxylic acids is 1. The van der Waals surface area contributed by atoms with Crippen molar-refractivity contribution < 1.29 is 9.90 Å². The molecule has 1 aromatic carbocycles. The van der Waals surface area contributed by atoms with Crippen LogP contribution in [-0.2, 0) is 6.42 Å². The summed E-state index contributed by atoms with van der Waals surface area (Å²) in [6, 6.07) is 11.2. The van der Waals surface area contributed by atoms with Crippen molar-refractivity contribution in [3.63, 3.8) is 0 Å². The fraction of sp³-hybridized carbons (Fsp3) is 0.200. The number of anilines is 1. The van der Waals surface area contributed by atoms with Crippen molar-refractivity contribution in [1.29, 1.82) is 0 Å². The molecular formula is C15H14N2O2. The van der Waals surface area contributed by atoms with Gasteiger partial charge in [-0.25, -0.2) is 9.78 Å². The molecule has 0 spiro atoms. The molecule has 4 nitrogen and oxygen atoms in total. The Bertz CT molecular complexity index is 652. The molecule has 0 bridgehead atoms. The van der Waals surface area contributed by atoms with Crippen LogP contribution in [0.3, 0.4) is 0 Å². The molecule has 0 saturated heterocycles. The van der Waals surface area contributed by atoms with Gasteiger partial charge in [-0.15, -0.1) is 0 Å². The molecule has 0 fully saturated rings. The van der Waals surface area contributed by atoms with Gasteiger partial charge in [-0.05, 0) is 24.1 Å². The maximum absolute atomic E-state index is 11.0. The second-order valence-electron chi connectivity index (χ2n) is 4.70. The normalized spacial score (nSPS) is 13.4. The molecule has 96 valence electrons. The van der Waals surface area contributed by atoms with Gasteiger partial charge >= 0.3 is 5.97 Å². The van der Waals surface area contributed by atoms with Crippen LogP contribution < -0.4 is 4.90 Å². The summed E-state index contributed by atoms with van der Waals surface area (Å²) < 4.78 is 0. The molecule has 0 unspecified atom stereocenters. The lowest BCUT2D eigenvalue weighted by Crippen LogP contribution is -2.13. The Morgan fingerprint density at radius 1 is 1.26 bits per heavy atom. The van der Waals surface area contributed by atoms with Crippen LogP contribution in [0.15, 0.2) is 36.4 Å². The predicted octanol–water partition coefficient (Wildman–Crippen LogP) is 2.44. The van der Waals surface area contributed by atoms with Crippen LogP contribution in [-0.4, -0.2) is 29.7 Å². The van der Waals surface area contributed by atoms with Gasteiger partial charge in [-0.2, -0.15) is 0 Å². The molecule has 1 N–H and O–H groups in total. The smallest absolute Gasteiger partial charge is 0.354 e. The number of carbonyl (C=O) groups is 1. The van der Waals surface area contributed by atoms with Crippen molar-refractivity contribution in [2.24, 2.45) is 0 Å². The van der Waals surface area contributed by atoms with Crippen molar-refractivity contribution in [3.8, 4) is 11.3 Å². The molecule has 1 aliphatic heterocycles. The van der Waals surface area contributed by atoms with E-state index in [1.54, 1.807) is 6.07 Å². The van der Waals surface area contributed by atoms with E-state index in [9.17, 15) is 4.79 Å². The van der Waals surface area contributed by atoms with Gasteiger partial charge in [0.25, 0.3) is 0 Å². The summed E-state index contributed by atoms with van der Waals surface area (Å²) >= 11 is 0. The first-order chi connectivity index (χ1) is 9.16. The van der Waals surface area contributed by atoms with E-state index < -0.39 is 5.97 Å². The summed E-state index contributed by atoms with van der Waals surface area (Å²) in [5, 5.41) is 9.03. The molecule has 0 atom stereocenters. The Hall–Kier alpha value is -2.36. The number of aromatic carboxylic acids is 1. The molecular weight excluding hydrogens is 240 g/mol. The van der Waals surface area contributed by atoms with Crippen molar-refractivity contribution >= 4 is 11.7 Å². The number of likely N-dealkylation sites (N-methyl/N-ethyl adjacent to an activating group) is 1. The first-order valence-corrected chi connectivity index (χ1v) is 6.20. The molecule has 1 aliphatic rings. The summed E-state index contributed by atoms with van der Waals surface area (Å²) in [5.41, 5.74) is 4.25. The molecule has 4 heteroatoms. The molecule has 2 heterocycles. The van der Waals surface area contributed by atoms with E-state index in [2.05, 4.69) is 23.0 Å². The number of para-hydroxylation sites is 1. The van der Waals surface area contributed by atoms with E-state index in [0.717, 1.165) is 24.2 Å². The van der Waals surface area contributed by atoms with Crippen LogP contribution in [0.1, 0.15) is 16.1 Å². The van der Waals surface area contributed by atoms with Crippen LogP contribution in [0.25, 0.3) is 11.3 Å². The van der Waals surface area contributed by atoms with Crippen molar-refractivity contribution in [1.82, 2.24) is 4.98 Å². The van der Waals surface area contributed by atoms with E-state index in [1.165, 1.54) is 11.6 Å². The molecule has 3 rings (SSSR count). The Morgan fingerprint density at radius 2 is 2.05 bits per heavy atom. The lowest BCUT2D eigenvalue weighted by atomic mass is 10.0. The Balaban J connectivity index is 2.16. The van der Waals surface area contributed by atoms with Crippen LogP contribution in [0, 0.1) is 0 Å². The zero-order valence-electron chi connectivity index (χ0n) is 10.6. The lowest BCUT2D eigenvalue weighted by molar-refractivity contribution is 0.0690. The Kier molecular flexibility index (Phi) is 2.71. The SMILES string of the molecule is CN1CCc2cccc(-c3cccc(C(=O)O)n3)c21. The highest BCUT2D eigenvalue weighted by Gasteiger charge is 2.20. The van der Waals surface area contributed by atoms with Gasteiger partial charge in [0, 0.05) is 24.8 Å². The van der Waals surface area contributed by atoms with E-state index in [4.69, 9.17) is 5.11 Å². The largest absolute Gasteiger partial charge is 0.477 e. The molecule has 0 aliphatic carbocycles. The van der Waals surface area contributed by atoms with E-state index >= 15 is 0 Å². The molecule has 0 amide bonds. The molecule has 1 aromatic heterocycles. The highest BCUT2D eigenvalue weighted by atomic mass is 16.4. The molecule has 19 heavy (non-hydrogen) atoms. The van der Waals surface area contributed by atoms with Gasteiger partial charge in [0.05, 0.1) is 5.69 Å². The number of carboxylic acid groups (broad SMARTS) is 1. The molecule has 0 saturated carbocycles. The van der Waals surface area contributed by atoms with E-state index in [-0.39, 0.29) is 5.69 Å². The lowest BCUT2D eigenvalue weighted by Gasteiger charge is -2.16. The quantitative estimate of drug-likeness (QED) is 0.894. The Morgan fingerprint density at radius 3 is 2.84 bits per heavy atom. The third kappa shape index (κ3) is 1.95. The number of pyridine rings is 1. The zero-order valence-corrected chi connectivity index (χ0v) is 10.6. The highest BCUT2D eigenvalue weighted by Crippen LogP contribution is 2.36. The summed E-state index contributed by atoms with van der Waals surface area (Å²) in [6.07, 6.45) is 1.03. The van der Waals surface area contributed by atoms with Crippen LogP contribution in [0.2, 0.25) is 0 Å². The van der Waals surface area contributed by atoms with Crippen LogP contribution in [0.5, 0.6) is 0 Å². The van der Waals surface area contributed by atoms with Crippen LogP contribution >= 0.6 is 0 Å². The van der Waals surface area contributed by atoms with Crippen LogP contribution in [0.4, 0.5) is 5.69 Å². The number of benzene rings is 1. The third-order valence-electron chi connectivity index (χ3n) is 3.46. The zero-order chi connectivity index (χ0) is 13.4. The fourth-order valence-electron chi connectivity index (χ4n) is 2.55. The molecule has 2 aromatic rings. The van der Waals surface area contributed by atoms with E-state index in [0.29, 0.717) is 5.69 Å². The average molecular weight is 254 g/mol. The Labute approximate surface area is 111 Å². The molecule has 0 radical (unpaired) electrons. The minimum absolute atomic E-state index is 0.0794. The number of fused-ring (bicyclic) bond motifs is 1. The summed E-state index contributed by atoms with van der Waals surface area (Å²) in [7, 11) is 2.05. The average Bonchev–Trinajstić information content (AvgIpc) is 2.81. The second-order valence-corrected chi connectivity index (χ2v) is 4.70. The summed E-state index contributed by atoms with van der Waals surface area (Å²) in [5.74, 6) is -0.997.